The summed E-state index contributed by atoms with van der Waals surface area (Å²) in [5.74, 6) is -0.233. The van der Waals surface area contributed by atoms with Crippen molar-refractivity contribution in [2.45, 2.75) is 18.5 Å². The standard InChI is InChI=1S/C33H27BrN4O6/c1-43-28-15-12-20(16-29(28)44-2)27-18-26(36-37(27)33(40)22-10-6-7-11-24(22)34)31-30(19-8-4-3-5-9-19)23-17-21(38(41)42)13-14-25(23)35-32(31)39/h3-17,23,25,27H,18H2,1-2H3,(H,35,39)/t23-,25-,27-/m0/s1. The van der Waals surface area contributed by atoms with Gasteiger partial charge in [0.1, 0.15) is 0 Å². The molecule has 2 aliphatic heterocycles. The van der Waals surface area contributed by atoms with Crippen LogP contribution >= 0.6 is 15.9 Å². The van der Waals surface area contributed by atoms with Crippen LogP contribution in [0.1, 0.15) is 33.9 Å². The zero-order valence-corrected chi connectivity index (χ0v) is 25.4. The van der Waals surface area contributed by atoms with Crippen molar-refractivity contribution >= 4 is 39.0 Å². The Kier molecular flexibility index (Phi) is 7.88. The molecule has 44 heavy (non-hydrogen) atoms. The number of hydrogen-bond donors (Lipinski definition) is 1. The van der Waals surface area contributed by atoms with Gasteiger partial charge in [-0.2, -0.15) is 5.10 Å². The highest BCUT2D eigenvalue weighted by Crippen LogP contribution is 2.43. The third-order valence-corrected chi connectivity index (χ3v) is 8.63. The lowest BCUT2D eigenvalue weighted by atomic mass is 9.76. The van der Waals surface area contributed by atoms with Crippen molar-refractivity contribution in [3.8, 4) is 11.5 Å². The predicted molar refractivity (Wildman–Crippen MR) is 168 cm³/mol. The highest BCUT2D eigenvalue weighted by Gasteiger charge is 2.43. The van der Waals surface area contributed by atoms with E-state index in [1.165, 1.54) is 18.2 Å². The lowest BCUT2D eigenvalue weighted by Crippen LogP contribution is -2.47. The molecule has 3 aliphatic rings. The Labute approximate surface area is 261 Å². The average molecular weight is 656 g/mol. The fourth-order valence-corrected chi connectivity index (χ4v) is 6.32. The number of nitrogens with one attached hydrogen (secondary N) is 1. The fourth-order valence-electron chi connectivity index (χ4n) is 5.87. The van der Waals surface area contributed by atoms with E-state index in [1.807, 2.05) is 42.5 Å². The van der Waals surface area contributed by atoms with Crippen molar-refractivity contribution in [1.29, 1.82) is 0 Å². The zero-order valence-electron chi connectivity index (χ0n) is 23.8. The second kappa shape index (κ2) is 11.9. The largest absolute Gasteiger partial charge is 0.493 e. The van der Waals surface area contributed by atoms with Gasteiger partial charge in [0.25, 0.3) is 17.5 Å². The van der Waals surface area contributed by atoms with E-state index in [0.29, 0.717) is 38.4 Å². The van der Waals surface area contributed by atoms with E-state index in [1.54, 1.807) is 49.6 Å². The molecule has 10 nitrogen and oxygen atoms in total. The number of amides is 2. The first kappa shape index (κ1) is 29.1. The molecule has 0 saturated heterocycles. The van der Waals surface area contributed by atoms with Crippen LogP contribution in [0.5, 0.6) is 11.5 Å². The molecule has 0 spiro atoms. The van der Waals surface area contributed by atoms with Crippen LogP contribution in [0.15, 0.2) is 112 Å². The molecule has 0 bridgehead atoms. The highest BCUT2D eigenvalue weighted by molar-refractivity contribution is 9.10. The topological polar surface area (TPSA) is 123 Å². The van der Waals surface area contributed by atoms with E-state index >= 15 is 0 Å². The van der Waals surface area contributed by atoms with Gasteiger partial charge in [0, 0.05) is 29.0 Å². The van der Waals surface area contributed by atoms with Crippen LogP contribution in [0.4, 0.5) is 0 Å². The number of ether oxygens (including phenoxy) is 2. The molecule has 3 aromatic rings. The molecular formula is C33H27BrN4O6. The number of benzene rings is 3. The number of nitro groups is 1. The minimum Gasteiger partial charge on any atom is -0.493 e. The third kappa shape index (κ3) is 5.19. The van der Waals surface area contributed by atoms with Crippen molar-refractivity contribution in [3.05, 3.63) is 134 Å². The van der Waals surface area contributed by atoms with Crippen LogP contribution in [0.25, 0.3) is 5.57 Å². The monoisotopic (exact) mass is 654 g/mol. The summed E-state index contributed by atoms with van der Waals surface area (Å²) in [5, 5.41) is 21.0. The number of methoxy groups -OCH3 is 2. The van der Waals surface area contributed by atoms with Crippen LogP contribution in [-0.2, 0) is 4.79 Å². The van der Waals surface area contributed by atoms with E-state index in [4.69, 9.17) is 14.6 Å². The van der Waals surface area contributed by atoms with Crippen molar-refractivity contribution in [1.82, 2.24) is 10.3 Å². The Morgan fingerprint density at radius 1 is 1.05 bits per heavy atom. The molecule has 1 aliphatic carbocycles. The number of fused-ring (bicyclic) bond motifs is 1. The second-order valence-electron chi connectivity index (χ2n) is 10.4. The molecule has 0 fully saturated rings. The summed E-state index contributed by atoms with van der Waals surface area (Å²) in [4.78, 5) is 39.2. The lowest BCUT2D eigenvalue weighted by molar-refractivity contribution is -0.419. The Morgan fingerprint density at radius 3 is 2.48 bits per heavy atom. The summed E-state index contributed by atoms with van der Waals surface area (Å²) in [5.41, 5.74) is 3.12. The van der Waals surface area contributed by atoms with Crippen LogP contribution in [0.2, 0.25) is 0 Å². The van der Waals surface area contributed by atoms with Gasteiger partial charge in [-0.05, 0) is 56.9 Å². The first-order valence-electron chi connectivity index (χ1n) is 13.8. The van der Waals surface area contributed by atoms with Crippen LogP contribution in [0.3, 0.4) is 0 Å². The predicted octanol–water partition coefficient (Wildman–Crippen LogP) is 5.71. The SMILES string of the molecule is COc1ccc([C@@H]2CC(C3=C(c4ccccc4)[C@H]4C=C([N+](=O)[O-])C=C[C@@H]4NC3=O)=NN2C(=O)c2ccccc2Br)cc1OC. The third-order valence-electron chi connectivity index (χ3n) is 7.94. The van der Waals surface area contributed by atoms with Gasteiger partial charge in [-0.1, -0.05) is 54.6 Å². The molecule has 0 radical (unpaired) electrons. The summed E-state index contributed by atoms with van der Waals surface area (Å²) in [7, 11) is 3.08. The minimum atomic E-state index is -0.587. The zero-order chi connectivity index (χ0) is 31.0. The number of hydrazone groups is 1. The first-order valence-corrected chi connectivity index (χ1v) is 14.6. The van der Waals surface area contributed by atoms with Crippen LogP contribution in [-0.4, -0.2) is 47.7 Å². The molecule has 3 aromatic carbocycles. The van der Waals surface area contributed by atoms with E-state index in [0.717, 1.165) is 11.1 Å². The Bertz CT molecular complexity index is 1800. The van der Waals surface area contributed by atoms with Gasteiger partial charge in [-0.25, -0.2) is 5.01 Å². The normalized spacial score (nSPS) is 20.8. The summed E-state index contributed by atoms with van der Waals surface area (Å²) < 4.78 is 11.6. The molecule has 11 heteroatoms. The van der Waals surface area contributed by atoms with Gasteiger partial charge in [-0.3, -0.25) is 19.7 Å². The molecule has 0 unspecified atom stereocenters. The molecule has 0 saturated carbocycles. The van der Waals surface area contributed by atoms with Crippen molar-refractivity contribution in [2.24, 2.45) is 11.0 Å². The Morgan fingerprint density at radius 2 is 1.77 bits per heavy atom. The molecule has 2 heterocycles. The maximum atomic E-state index is 14.1. The number of nitrogens with zero attached hydrogens (tertiary/aromatic N) is 3. The van der Waals surface area contributed by atoms with E-state index < -0.39 is 22.9 Å². The fraction of sp³-hybridized carbons (Fsp3) is 0.182. The Balaban J connectivity index is 1.53. The Hall–Kier alpha value is -5.03. The molecule has 222 valence electrons. The molecule has 2 amide bonds. The van der Waals surface area contributed by atoms with Gasteiger partial charge >= 0.3 is 0 Å². The molecule has 3 atom stereocenters. The number of rotatable bonds is 7. The number of hydrogen-bond acceptors (Lipinski definition) is 7. The minimum absolute atomic E-state index is 0.0579. The van der Waals surface area contributed by atoms with E-state index in [-0.39, 0.29) is 23.9 Å². The summed E-state index contributed by atoms with van der Waals surface area (Å²) >= 11 is 3.48. The highest BCUT2D eigenvalue weighted by atomic mass is 79.9. The van der Waals surface area contributed by atoms with Gasteiger partial charge < -0.3 is 14.8 Å². The number of allylic oxidation sites excluding steroid dienone is 1. The molecular weight excluding hydrogens is 628 g/mol. The maximum absolute atomic E-state index is 14.1. The lowest BCUT2D eigenvalue weighted by Gasteiger charge is -2.34. The molecule has 6 rings (SSSR count). The van der Waals surface area contributed by atoms with Crippen molar-refractivity contribution in [2.75, 3.05) is 14.2 Å². The van der Waals surface area contributed by atoms with Crippen molar-refractivity contribution < 1.29 is 24.0 Å². The second-order valence-corrected chi connectivity index (χ2v) is 11.3. The van der Waals surface area contributed by atoms with E-state index in [9.17, 15) is 19.7 Å². The van der Waals surface area contributed by atoms with Gasteiger partial charge in [0.2, 0.25) is 0 Å². The first-order chi connectivity index (χ1) is 21.3. The van der Waals surface area contributed by atoms with Gasteiger partial charge in [-0.15, -0.1) is 0 Å². The number of carbonyl (C=O) groups excluding carboxylic acids is 2. The van der Waals surface area contributed by atoms with Crippen LogP contribution < -0.4 is 14.8 Å². The number of carbonyl (C=O) groups is 2. The maximum Gasteiger partial charge on any atom is 0.275 e. The molecule has 0 aromatic heterocycles. The van der Waals surface area contributed by atoms with Gasteiger partial charge in [0.15, 0.2) is 11.5 Å². The molecule has 1 N–H and O–H groups in total. The van der Waals surface area contributed by atoms with E-state index in [2.05, 4.69) is 21.2 Å². The quantitative estimate of drug-likeness (QED) is 0.257. The summed E-state index contributed by atoms with van der Waals surface area (Å²) in [6.07, 6.45) is 4.83. The van der Waals surface area contributed by atoms with Crippen LogP contribution in [0, 0.1) is 16.0 Å². The summed E-state index contributed by atoms with van der Waals surface area (Å²) in [6, 6.07) is 20.7. The average Bonchev–Trinajstić information content (AvgIpc) is 3.48. The van der Waals surface area contributed by atoms with Crippen molar-refractivity contribution in [3.63, 3.8) is 0 Å². The summed E-state index contributed by atoms with van der Waals surface area (Å²) in [6.45, 7) is 0. The smallest absolute Gasteiger partial charge is 0.275 e. The van der Waals surface area contributed by atoms with Gasteiger partial charge in [0.05, 0.1) is 48.1 Å². The number of halogens is 1.